The number of H-pyrrole nitrogens is 1. The number of halogens is 3. The van der Waals surface area contributed by atoms with Crippen LogP contribution in [0.25, 0.3) is 11.4 Å². The summed E-state index contributed by atoms with van der Waals surface area (Å²) in [6.45, 7) is 3.81. The van der Waals surface area contributed by atoms with Crippen LogP contribution >= 0.6 is 0 Å². The molecular formula is C19H20F3N3O3. The quantitative estimate of drug-likeness (QED) is 0.829. The monoisotopic (exact) mass is 395 g/mol. The van der Waals surface area contributed by atoms with Crippen molar-refractivity contribution in [1.29, 1.82) is 0 Å². The maximum Gasteiger partial charge on any atom is 0.416 e. The molecule has 1 aromatic carbocycles. The molecular weight excluding hydrogens is 375 g/mol. The van der Waals surface area contributed by atoms with Crippen molar-refractivity contribution < 1.29 is 27.9 Å². The number of hydrogen-bond acceptors (Lipinski definition) is 3. The van der Waals surface area contributed by atoms with E-state index in [9.17, 15) is 27.9 Å². The van der Waals surface area contributed by atoms with Crippen LogP contribution in [0.4, 0.5) is 13.2 Å². The Labute approximate surface area is 159 Å². The summed E-state index contributed by atoms with van der Waals surface area (Å²) in [4.78, 5) is 32.8. The van der Waals surface area contributed by atoms with E-state index >= 15 is 0 Å². The molecule has 150 valence electrons. The molecule has 1 aliphatic heterocycles. The van der Waals surface area contributed by atoms with Gasteiger partial charge in [0, 0.05) is 17.8 Å². The lowest BCUT2D eigenvalue weighted by molar-refractivity contribution is -0.144. The largest absolute Gasteiger partial charge is 0.480 e. The number of imidazole rings is 1. The average molecular weight is 395 g/mol. The number of likely N-dealkylation sites (tertiary alicyclic amines) is 1. The van der Waals surface area contributed by atoms with Gasteiger partial charge in [-0.1, -0.05) is 19.1 Å². The second-order valence-electron chi connectivity index (χ2n) is 7.12. The van der Waals surface area contributed by atoms with E-state index in [1.54, 1.807) is 6.92 Å². The molecule has 6 nitrogen and oxygen atoms in total. The van der Waals surface area contributed by atoms with Gasteiger partial charge in [-0.3, -0.25) is 4.79 Å². The highest BCUT2D eigenvalue weighted by molar-refractivity contribution is 5.96. The number of piperidine rings is 1. The minimum Gasteiger partial charge on any atom is -0.480 e. The summed E-state index contributed by atoms with van der Waals surface area (Å²) in [6, 6.07) is 3.70. The standard InChI is InChI=1S/C19H20F3N3O3/c1-10-6-7-25(14(8-10)18(27)28)17(26)15-11(2)23-16(24-15)12-4-3-5-13(9-12)19(20,21)22/h3-5,9-10,14H,6-8H2,1-2H3,(H,23,24)(H,27,28). The molecule has 1 amide bonds. The van der Waals surface area contributed by atoms with Gasteiger partial charge in [-0.25, -0.2) is 9.78 Å². The number of nitrogens with zero attached hydrogens (tertiary/aromatic N) is 2. The van der Waals surface area contributed by atoms with Crippen molar-refractivity contribution in [2.75, 3.05) is 6.54 Å². The molecule has 2 aromatic rings. The predicted molar refractivity (Wildman–Crippen MR) is 94.6 cm³/mol. The maximum atomic E-state index is 12.9. The van der Waals surface area contributed by atoms with Crippen LogP contribution in [0.3, 0.4) is 0 Å². The molecule has 2 atom stereocenters. The zero-order chi connectivity index (χ0) is 20.6. The number of carboxylic acid groups (broad SMARTS) is 1. The van der Waals surface area contributed by atoms with Gasteiger partial charge >= 0.3 is 12.1 Å². The number of rotatable bonds is 3. The lowest BCUT2D eigenvalue weighted by Gasteiger charge is -2.35. The Kier molecular flexibility index (Phi) is 5.18. The lowest BCUT2D eigenvalue weighted by Crippen LogP contribution is -2.50. The van der Waals surface area contributed by atoms with Crippen LogP contribution in [0, 0.1) is 12.8 Å². The molecule has 0 radical (unpaired) electrons. The van der Waals surface area contributed by atoms with Gasteiger partial charge in [-0.2, -0.15) is 13.2 Å². The maximum absolute atomic E-state index is 12.9. The smallest absolute Gasteiger partial charge is 0.416 e. The van der Waals surface area contributed by atoms with Crippen LogP contribution < -0.4 is 0 Å². The number of benzene rings is 1. The van der Waals surface area contributed by atoms with Gasteiger partial charge in [-0.15, -0.1) is 0 Å². The summed E-state index contributed by atoms with van der Waals surface area (Å²) in [5, 5.41) is 9.45. The molecule has 9 heteroatoms. The van der Waals surface area contributed by atoms with Crippen LogP contribution in [0.5, 0.6) is 0 Å². The summed E-state index contributed by atoms with van der Waals surface area (Å²) >= 11 is 0. The van der Waals surface area contributed by atoms with Crippen molar-refractivity contribution in [2.24, 2.45) is 5.92 Å². The molecule has 28 heavy (non-hydrogen) atoms. The van der Waals surface area contributed by atoms with E-state index in [-0.39, 0.29) is 23.0 Å². The van der Waals surface area contributed by atoms with E-state index in [0.717, 1.165) is 12.1 Å². The number of alkyl halides is 3. The third-order valence-corrected chi connectivity index (χ3v) is 4.96. The van der Waals surface area contributed by atoms with Gasteiger partial charge in [0.05, 0.1) is 5.56 Å². The first kappa shape index (κ1) is 19.9. The normalized spacial score (nSPS) is 20.2. The van der Waals surface area contributed by atoms with Crippen LogP contribution in [-0.4, -0.2) is 44.4 Å². The number of hydrogen-bond donors (Lipinski definition) is 2. The molecule has 3 rings (SSSR count). The summed E-state index contributed by atoms with van der Waals surface area (Å²) in [5.74, 6) is -1.30. The number of carbonyl (C=O) groups is 2. The summed E-state index contributed by atoms with van der Waals surface area (Å²) in [7, 11) is 0. The highest BCUT2D eigenvalue weighted by Gasteiger charge is 2.37. The van der Waals surface area contributed by atoms with Gasteiger partial charge in [0.1, 0.15) is 17.6 Å². The number of aromatic amines is 1. The summed E-state index contributed by atoms with van der Waals surface area (Å²) in [6.07, 6.45) is -3.46. The van der Waals surface area contributed by atoms with Gasteiger partial charge in [0.15, 0.2) is 0 Å². The Balaban J connectivity index is 1.92. The van der Waals surface area contributed by atoms with Gasteiger partial charge < -0.3 is 15.0 Å². The van der Waals surface area contributed by atoms with Crippen molar-refractivity contribution in [3.63, 3.8) is 0 Å². The lowest BCUT2D eigenvalue weighted by atomic mass is 9.92. The Morgan fingerprint density at radius 1 is 1.32 bits per heavy atom. The molecule has 1 saturated heterocycles. The number of aromatic nitrogens is 2. The summed E-state index contributed by atoms with van der Waals surface area (Å²) < 4.78 is 38.8. The number of amides is 1. The van der Waals surface area contributed by atoms with Crippen molar-refractivity contribution in [2.45, 2.75) is 38.9 Å². The van der Waals surface area contributed by atoms with Gasteiger partial charge in [0.2, 0.25) is 0 Å². The fraction of sp³-hybridized carbons (Fsp3) is 0.421. The third kappa shape index (κ3) is 3.88. The van der Waals surface area contributed by atoms with Crippen LogP contribution in [-0.2, 0) is 11.0 Å². The number of carboxylic acids is 1. The third-order valence-electron chi connectivity index (χ3n) is 4.96. The van der Waals surface area contributed by atoms with Crippen molar-refractivity contribution in [1.82, 2.24) is 14.9 Å². The Bertz CT molecular complexity index is 907. The molecule has 1 aromatic heterocycles. The molecule has 1 aliphatic rings. The van der Waals surface area contributed by atoms with E-state index in [4.69, 9.17) is 0 Å². The number of aryl methyl sites for hydroxylation is 1. The number of nitrogens with one attached hydrogen (secondary N) is 1. The highest BCUT2D eigenvalue weighted by Crippen LogP contribution is 2.32. The fourth-order valence-corrected chi connectivity index (χ4v) is 3.40. The zero-order valence-electron chi connectivity index (χ0n) is 15.4. The van der Waals surface area contributed by atoms with Crippen molar-refractivity contribution in [3.05, 3.63) is 41.2 Å². The predicted octanol–water partition coefficient (Wildman–Crippen LogP) is 3.73. The fourth-order valence-electron chi connectivity index (χ4n) is 3.40. The zero-order valence-corrected chi connectivity index (χ0v) is 15.4. The van der Waals surface area contributed by atoms with E-state index in [0.29, 0.717) is 25.1 Å². The van der Waals surface area contributed by atoms with Crippen LogP contribution in [0.15, 0.2) is 24.3 Å². The summed E-state index contributed by atoms with van der Waals surface area (Å²) in [5.41, 5.74) is -0.227. The second kappa shape index (κ2) is 7.29. The minimum atomic E-state index is -4.49. The number of carbonyl (C=O) groups excluding carboxylic acids is 1. The number of aliphatic carboxylic acids is 1. The average Bonchev–Trinajstić information content (AvgIpc) is 3.02. The Morgan fingerprint density at radius 3 is 2.68 bits per heavy atom. The molecule has 0 saturated carbocycles. The Hall–Kier alpha value is -2.84. The van der Waals surface area contributed by atoms with Crippen LogP contribution in [0.1, 0.15) is 41.5 Å². The van der Waals surface area contributed by atoms with Crippen LogP contribution in [0.2, 0.25) is 0 Å². The van der Waals surface area contributed by atoms with E-state index in [1.165, 1.54) is 17.0 Å². The first-order chi connectivity index (χ1) is 13.1. The molecule has 0 spiro atoms. The first-order valence-corrected chi connectivity index (χ1v) is 8.86. The van der Waals surface area contributed by atoms with E-state index in [2.05, 4.69) is 9.97 Å². The minimum absolute atomic E-state index is 0.0215. The highest BCUT2D eigenvalue weighted by atomic mass is 19.4. The molecule has 2 heterocycles. The first-order valence-electron chi connectivity index (χ1n) is 8.86. The molecule has 2 N–H and O–H groups in total. The van der Waals surface area contributed by atoms with E-state index in [1.807, 2.05) is 6.92 Å². The van der Waals surface area contributed by atoms with Gasteiger partial charge in [0.25, 0.3) is 5.91 Å². The molecule has 0 aliphatic carbocycles. The SMILES string of the molecule is Cc1[nH]c(-c2cccc(C(F)(F)F)c2)nc1C(=O)N1CCC(C)CC1C(=O)O. The van der Waals surface area contributed by atoms with E-state index < -0.39 is 29.7 Å². The van der Waals surface area contributed by atoms with Gasteiger partial charge in [-0.05, 0) is 37.8 Å². The Morgan fingerprint density at radius 2 is 2.04 bits per heavy atom. The molecule has 1 fully saturated rings. The topological polar surface area (TPSA) is 86.3 Å². The second-order valence-corrected chi connectivity index (χ2v) is 7.12. The van der Waals surface area contributed by atoms with Crippen molar-refractivity contribution in [3.8, 4) is 11.4 Å². The van der Waals surface area contributed by atoms with Crippen molar-refractivity contribution >= 4 is 11.9 Å². The molecule has 2 unspecified atom stereocenters. The molecule has 0 bridgehead atoms.